The monoisotopic (exact) mass is 320 g/mol. The third-order valence-corrected chi connectivity index (χ3v) is 3.33. The smallest absolute Gasteiger partial charge is 0.272 e. The van der Waals surface area contributed by atoms with Crippen LogP contribution in [0.2, 0.25) is 0 Å². The first kappa shape index (κ1) is 16.5. The Bertz CT molecular complexity index is 750. The molecule has 0 N–H and O–H groups in total. The average molecular weight is 320 g/mol. The fourth-order valence-corrected chi connectivity index (χ4v) is 2.14. The van der Waals surface area contributed by atoms with Crippen LogP contribution in [0.15, 0.2) is 42.5 Å². The Balaban J connectivity index is 2.24. The van der Waals surface area contributed by atoms with Gasteiger partial charge < -0.3 is 4.90 Å². The molecule has 2 aromatic carbocycles. The second-order valence-corrected chi connectivity index (χ2v) is 4.87. The average Bonchev–Trinajstić information content (AvgIpc) is 2.52. The van der Waals surface area contributed by atoms with E-state index >= 15 is 0 Å². The van der Waals surface area contributed by atoms with E-state index in [2.05, 4.69) is 0 Å². The van der Waals surface area contributed by atoms with Crippen molar-refractivity contribution in [3.8, 4) is 0 Å². The maximum atomic E-state index is 13.9. The molecule has 0 aromatic heterocycles. The summed E-state index contributed by atoms with van der Waals surface area (Å²) in [5.41, 5.74) is -0.108. The van der Waals surface area contributed by atoms with Crippen LogP contribution in [0.4, 0.5) is 14.5 Å². The van der Waals surface area contributed by atoms with Gasteiger partial charge in [0.2, 0.25) is 0 Å². The highest BCUT2D eigenvalue weighted by Gasteiger charge is 2.20. The normalized spacial score (nSPS) is 10.4. The summed E-state index contributed by atoms with van der Waals surface area (Å²) in [5, 5.41) is 10.6. The lowest BCUT2D eigenvalue weighted by Crippen LogP contribution is -2.31. The Labute approximate surface area is 131 Å². The van der Waals surface area contributed by atoms with Crippen LogP contribution in [0, 0.1) is 21.7 Å². The zero-order chi connectivity index (χ0) is 17.0. The van der Waals surface area contributed by atoms with Gasteiger partial charge in [-0.3, -0.25) is 14.9 Å². The molecule has 23 heavy (non-hydrogen) atoms. The molecular weight excluding hydrogens is 306 g/mol. The minimum atomic E-state index is -0.957. The number of benzene rings is 2. The molecule has 0 aliphatic heterocycles. The molecule has 0 fully saturated rings. The molecule has 0 bridgehead atoms. The Kier molecular flexibility index (Phi) is 5.00. The Morgan fingerprint density at radius 1 is 1.22 bits per heavy atom. The molecular formula is C16H14F2N2O3. The minimum Gasteiger partial charge on any atom is -0.335 e. The van der Waals surface area contributed by atoms with Crippen LogP contribution in [-0.4, -0.2) is 22.3 Å². The largest absolute Gasteiger partial charge is 0.335 e. The predicted molar refractivity (Wildman–Crippen MR) is 79.9 cm³/mol. The first-order valence-corrected chi connectivity index (χ1v) is 6.90. The third-order valence-electron chi connectivity index (χ3n) is 3.33. The fourth-order valence-electron chi connectivity index (χ4n) is 2.14. The van der Waals surface area contributed by atoms with Crippen LogP contribution in [0.1, 0.15) is 22.8 Å². The van der Waals surface area contributed by atoms with Gasteiger partial charge in [0.15, 0.2) is 0 Å². The highest BCUT2D eigenvalue weighted by Crippen LogP contribution is 2.19. The number of hydrogen-bond acceptors (Lipinski definition) is 3. The van der Waals surface area contributed by atoms with Crippen molar-refractivity contribution in [3.05, 3.63) is 75.3 Å². The molecule has 5 nitrogen and oxygen atoms in total. The van der Waals surface area contributed by atoms with E-state index in [4.69, 9.17) is 0 Å². The molecule has 0 unspecified atom stereocenters. The minimum absolute atomic E-state index is 0.115. The number of carbonyl (C=O) groups is 1. The number of nitrogens with zero attached hydrogens (tertiary/aromatic N) is 2. The number of nitro groups is 1. The van der Waals surface area contributed by atoms with Gasteiger partial charge in [-0.25, -0.2) is 8.78 Å². The van der Waals surface area contributed by atoms with Crippen molar-refractivity contribution in [2.45, 2.75) is 13.5 Å². The Hall–Kier alpha value is -2.83. The number of amides is 1. The van der Waals surface area contributed by atoms with Crippen molar-refractivity contribution in [3.63, 3.8) is 0 Å². The van der Waals surface area contributed by atoms with Gasteiger partial charge in [-0.1, -0.05) is 12.1 Å². The van der Waals surface area contributed by atoms with Crippen LogP contribution in [-0.2, 0) is 6.54 Å². The van der Waals surface area contributed by atoms with Crippen molar-refractivity contribution in [1.82, 2.24) is 4.90 Å². The highest BCUT2D eigenvalue weighted by atomic mass is 19.1. The number of carbonyl (C=O) groups excluding carboxylic acids is 1. The summed E-state index contributed by atoms with van der Waals surface area (Å²) in [4.78, 5) is 23.6. The maximum absolute atomic E-state index is 13.9. The molecule has 0 saturated heterocycles. The molecule has 0 radical (unpaired) electrons. The van der Waals surface area contributed by atoms with Gasteiger partial charge in [0.05, 0.1) is 16.6 Å². The van der Waals surface area contributed by atoms with Crippen molar-refractivity contribution in [1.29, 1.82) is 0 Å². The molecule has 2 rings (SSSR count). The quantitative estimate of drug-likeness (QED) is 0.625. The SMILES string of the molecule is CCN(Cc1cccc(F)c1)C(=O)c1ccc([N+](=O)[O-])cc1F. The van der Waals surface area contributed by atoms with E-state index in [9.17, 15) is 23.7 Å². The maximum Gasteiger partial charge on any atom is 0.272 e. The standard InChI is InChI=1S/C16H14F2N2O3/c1-2-19(10-11-4-3-5-12(17)8-11)16(21)14-7-6-13(20(22)23)9-15(14)18/h3-9H,2,10H2,1H3. The van der Waals surface area contributed by atoms with Crippen molar-refractivity contribution in [2.75, 3.05) is 6.54 Å². The number of hydrogen-bond donors (Lipinski definition) is 0. The number of rotatable bonds is 5. The summed E-state index contributed by atoms with van der Waals surface area (Å²) in [5.74, 6) is -1.99. The Morgan fingerprint density at radius 2 is 1.96 bits per heavy atom. The highest BCUT2D eigenvalue weighted by molar-refractivity contribution is 5.94. The second-order valence-electron chi connectivity index (χ2n) is 4.87. The van der Waals surface area contributed by atoms with Gasteiger partial charge >= 0.3 is 0 Å². The lowest BCUT2D eigenvalue weighted by molar-refractivity contribution is -0.385. The van der Waals surface area contributed by atoms with E-state index in [1.807, 2.05) is 0 Å². The zero-order valence-electron chi connectivity index (χ0n) is 12.3. The first-order chi connectivity index (χ1) is 10.9. The van der Waals surface area contributed by atoms with Crippen LogP contribution >= 0.6 is 0 Å². The van der Waals surface area contributed by atoms with Gasteiger partial charge in [0, 0.05) is 19.2 Å². The lowest BCUT2D eigenvalue weighted by atomic mass is 10.1. The number of non-ortho nitro benzene ring substituents is 1. The van der Waals surface area contributed by atoms with Crippen molar-refractivity contribution in [2.24, 2.45) is 0 Å². The number of nitro benzene ring substituents is 1. The van der Waals surface area contributed by atoms with Gasteiger partial charge in [0.25, 0.3) is 11.6 Å². The van der Waals surface area contributed by atoms with E-state index in [0.717, 1.165) is 12.1 Å². The van der Waals surface area contributed by atoms with E-state index in [0.29, 0.717) is 11.6 Å². The molecule has 0 spiro atoms. The Morgan fingerprint density at radius 3 is 2.52 bits per heavy atom. The molecule has 1 amide bonds. The molecule has 0 aliphatic rings. The summed E-state index contributed by atoms with van der Waals surface area (Å²) >= 11 is 0. The fraction of sp³-hybridized carbons (Fsp3) is 0.188. The predicted octanol–water partition coefficient (Wildman–Crippen LogP) is 3.54. The van der Waals surface area contributed by atoms with Gasteiger partial charge in [-0.05, 0) is 30.7 Å². The zero-order valence-corrected chi connectivity index (χ0v) is 12.3. The molecule has 0 aliphatic carbocycles. The first-order valence-electron chi connectivity index (χ1n) is 6.90. The lowest BCUT2D eigenvalue weighted by Gasteiger charge is -2.21. The summed E-state index contributed by atoms with van der Waals surface area (Å²) < 4.78 is 27.2. The molecule has 0 saturated carbocycles. The van der Waals surface area contributed by atoms with Gasteiger partial charge in [0.1, 0.15) is 11.6 Å². The van der Waals surface area contributed by atoms with Crippen LogP contribution < -0.4 is 0 Å². The van der Waals surface area contributed by atoms with Gasteiger partial charge in [-0.2, -0.15) is 0 Å². The molecule has 7 heteroatoms. The van der Waals surface area contributed by atoms with Crippen LogP contribution in [0.25, 0.3) is 0 Å². The summed E-state index contributed by atoms with van der Waals surface area (Å²) in [6, 6.07) is 8.64. The van der Waals surface area contributed by atoms with Crippen molar-refractivity contribution < 1.29 is 18.5 Å². The number of halogens is 2. The summed E-state index contributed by atoms with van der Waals surface area (Å²) in [6.07, 6.45) is 0. The van der Waals surface area contributed by atoms with Crippen LogP contribution in [0.3, 0.4) is 0 Å². The van der Waals surface area contributed by atoms with E-state index in [1.54, 1.807) is 13.0 Å². The summed E-state index contributed by atoms with van der Waals surface area (Å²) in [6.45, 7) is 2.11. The van der Waals surface area contributed by atoms with E-state index < -0.39 is 28.2 Å². The molecule has 120 valence electrons. The second kappa shape index (κ2) is 6.95. The molecule has 2 aromatic rings. The summed E-state index contributed by atoms with van der Waals surface area (Å²) in [7, 11) is 0. The molecule has 0 heterocycles. The molecule has 0 atom stereocenters. The third kappa shape index (κ3) is 3.88. The van der Waals surface area contributed by atoms with Crippen molar-refractivity contribution >= 4 is 11.6 Å². The van der Waals surface area contributed by atoms with E-state index in [1.165, 1.54) is 23.1 Å². The van der Waals surface area contributed by atoms with Crippen LogP contribution in [0.5, 0.6) is 0 Å². The topological polar surface area (TPSA) is 63.5 Å². The van der Waals surface area contributed by atoms with E-state index in [-0.39, 0.29) is 18.7 Å². The van der Waals surface area contributed by atoms with Gasteiger partial charge in [-0.15, -0.1) is 0 Å².